The number of rotatable bonds is 3. The lowest BCUT2D eigenvalue weighted by atomic mass is 9.63. The second-order valence-corrected chi connectivity index (χ2v) is 6.43. The van der Waals surface area contributed by atoms with Crippen LogP contribution < -0.4 is 0 Å². The van der Waals surface area contributed by atoms with Crippen LogP contribution in [0.15, 0.2) is 0 Å². The van der Waals surface area contributed by atoms with E-state index in [0.717, 1.165) is 12.5 Å². The Morgan fingerprint density at radius 2 is 2.00 bits per heavy atom. The molecule has 0 aromatic rings. The number of methoxy groups -OCH3 is 1. The Bertz CT molecular complexity index is 270. The first-order chi connectivity index (χ1) is 7.69. The molecule has 3 fully saturated rings. The zero-order valence-electron chi connectivity index (χ0n) is 10.6. The van der Waals surface area contributed by atoms with Crippen LogP contribution >= 0.6 is 0 Å². The predicted molar refractivity (Wildman–Crippen MR) is 63.4 cm³/mol. The summed E-state index contributed by atoms with van der Waals surface area (Å²) >= 11 is 0. The van der Waals surface area contributed by atoms with Gasteiger partial charge in [0.1, 0.15) is 0 Å². The van der Waals surface area contributed by atoms with Crippen molar-refractivity contribution in [2.24, 2.45) is 11.3 Å². The Morgan fingerprint density at radius 1 is 1.25 bits per heavy atom. The molecule has 3 rings (SSSR count). The van der Waals surface area contributed by atoms with Gasteiger partial charge in [0.15, 0.2) is 0 Å². The molecule has 2 aliphatic heterocycles. The van der Waals surface area contributed by atoms with Crippen molar-refractivity contribution < 1.29 is 9.47 Å². The van der Waals surface area contributed by atoms with Gasteiger partial charge in [0.05, 0.1) is 18.3 Å². The maximum absolute atomic E-state index is 6.27. The monoisotopic (exact) mass is 224 g/mol. The topological polar surface area (TPSA) is 18.5 Å². The zero-order valence-corrected chi connectivity index (χ0v) is 10.6. The highest BCUT2D eigenvalue weighted by Gasteiger charge is 2.59. The maximum Gasteiger partial charge on any atom is 0.0953 e. The molecule has 0 aromatic heterocycles. The van der Waals surface area contributed by atoms with Crippen LogP contribution in [0.3, 0.4) is 0 Å². The van der Waals surface area contributed by atoms with E-state index in [0.29, 0.717) is 11.5 Å². The summed E-state index contributed by atoms with van der Waals surface area (Å²) in [4.78, 5) is 0. The molecule has 3 aliphatic rings. The van der Waals surface area contributed by atoms with Crippen molar-refractivity contribution in [1.82, 2.24) is 0 Å². The van der Waals surface area contributed by atoms with Gasteiger partial charge in [-0.1, -0.05) is 19.8 Å². The molecule has 2 nitrogen and oxygen atoms in total. The van der Waals surface area contributed by atoms with Crippen LogP contribution in [0.4, 0.5) is 0 Å². The molecule has 0 spiro atoms. The Balaban J connectivity index is 1.84. The fourth-order valence-corrected chi connectivity index (χ4v) is 4.66. The van der Waals surface area contributed by atoms with E-state index in [4.69, 9.17) is 9.47 Å². The van der Waals surface area contributed by atoms with Crippen LogP contribution in [0, 0.1) is 11.3 Å². The van der Waals surface area contributed by atoms with Gasteiger partial charge >= 0.3 is 0 Å². The first-order valence-corrected chi connectivity index (χ1v) is 6.85. The fraction of sp³-hybridized carbons (Fsp3) is 1.00. The molecule has 16 heavy (non-hydrogen) atoms. The van der Waals surface area contributed by atoms with Crippen molar-refractivity contribution in [3.63, 3.8) is 0 Å². The van der Waals surface area contributed by atoms with Crippen LogP contribution in [-0.4, -0.2) is 25.4 Å². The van der Waals surface area contributed by atoms with E-state index in [2.05, 4.69) is 6.92 Å². The lowest BCUT2D eigenvalue weighted by molar-refractivity contribution is -0.0858. The smallest absolute Gasteiger partial charge is 0.0953 e. The van der Waals surface area contributed by atoms with Gasteiger partial charge in [0, 0.05) is 7.11 Å². The lowest BCUT2D eigenvalue weighted by Gasteiger charge is -2.42. The molecule has 0 aromatic carbocycles. The molecular formula is C14H24O2. The minimum absolute atomic E-state index is 0.0819. The van der Waals surface area contributed by atoms with Crippen molar-refractivity contribution in [1.29, 1.82) is 0 Å². The van der Waals surface area contributed by atoms with E-state index in [9.17, 15) is 0 Å². The van der Waals surface area contributed by atoms with E-state index in [1.54, 1.807) is 0 Å². The van der Waals surface area contributed by atoms with Crippen LogP contribution in [0.5, 0.6) is 0 Å². The van der Waals surface area contributed by atoms with E-state index in [-0.39, 0.29) is 5.60 Å². The van der Waals surface area contributed by atoms with Gasteiger partial charge in [-0.15, -0.1) is 0 Å². The number of hydrogen-bond donors (Lipinski definition) is 0. The Kier molecular flexibility index (Phi) is 2.56. The van der Waals surface area contributed by atoms with Crippen molar-refractivity contribution >= 4 is 0 Å². The summed E-state index contributed by atoms with van der Waals surface area (Å²) in [6, 6.07) is 0. The molecular weight excluding hydrogens is 200 g/mol. The summed E-state index contributed by atoms with van der Waals surface area (Å²) in [5, 5.41) is 0. The third kappa shape index (κ3) is 1.46. The number of hydrogen-bond acceptors (Lipinski definition) is 2. The van der Waals surface area contributed by atoms with Crippen LogP contribution in [-0.2, 0) is 9.47 Å². The maximum atomic E-state index is 6.27. The van der Waals surface area contributed by atoms with Crippen LogP contribution in [0.25, 0.3) is 0 Å². The molecule has 3 atom stereocenters. The first-order valence-electron chi connectivity index (χ1n) is 6.85. The molecule has 2 heteroatoms. The Morgan fingerprint density at radius 3 is 2.62 bits per heavy atom. The zero-order chi connectivity index (χ0) is 11.2. The Labute approximate surface area is 98.7 Å². The van der Waals surface area contributed by atoms with Gasteiger partial charge in [-0.25, -0.2) is 0 Å². The molecule has 1 aliphatic carbocycles. The summed E-state index contributed by atoms with van der Waals surface area (Å²) < 4.78 is 11.7. The van der Waals surface area contributed by atoms with Crippen molar-refractivity contribution in [2.75, 3.05) is 13.7 Å². The minimum Gasteiger partial charge on any atom is -0.382 e. The lowest BCUT2D eigenvalue weighted by Crippen LogP contribution is -2.46. The molecule has 0 N–H and O–H groups in total. The molecule has 92 valence electrons. The second-order valence-electron chi connectivity index (χ2n) is 6.43. The highest BCUT2D eigenvalue weighted by Crippen LogP contribution is 2.59. The highest BCUT2D eigenvalue weighted by molar-refractivity contribution is 5.08. The largest absolute Gasteiger partial charge is 0.382 e. The second kappa shape index (κ2) is 3.71. The van der Waals surface area contributed by atoms with E-state index >= 15 is 0 Å². The van der Waals surface area contributed by atoms with Crippen LogP contribution in [0.1, 0.15) is 51.9 Å². The average Bonchev–Trinajstić information content (AvgIpc) is 2.92. The quantitative estimate of drug-likeness (QED) is 0.733. The van der Waals surface area contributed by atoms with Crippen LogP contribution in [0.2, 0.25) is 0 Å². The summed E-state index contributed by atoms with van der Waals surface area (Å²) in [5.74, 6) is 0.751. The van der Waals surface area contributed by atoms with Gasteiger partial charge in [0.25, 0.3) is 0 Å². The van der Waals surface area contributed by atoms with Crippen molar-refractivity contribution in [3.05, 3.63) is 0 Å². The summed E-state index contributed by atoms with van der Waals surface area (Å²) in [5.41, 5.74) is 0.617. The molecule has 0 radical (unpaired) electrons. The average molecular weight is 224 g/mol. The summed E-state index contributed by atoms with van der Waals surface area (Å²) in [6.07, 6.45) is 9.96. The van der Waals surface area contributed by atoms with Gasteiger partial charge < -0.3 is 9.47 Å². The van der Waals surface area contributed by atoms with Gasteiger partial charge in [0.2, 0.25) is 0 Å². The molecule has 2 saturated heterocycles. The highest BCUT2D eigenvalue weighted by atomic mass is 16.6. The van der Waals surface area contributed by atoms with E-state index in [1.807, 2.05) is 7.11 Å². The Hall–Kier alpha value is -0.0800. The van der Waals surface area contributed by atoms with Gasteiger partial charge in [-0.2, -0.15) is 0 Å². The normalized spacial score (nSPS) is 45.4. The molecule has 0 amide bonds. The molecule has 2 heterocycles. The molecule has 2 bridgehead atoms. The summed E-state index contributed by atoms with van der Waals surface area (Å²) in [7, 11) is 1.82. The third-order valence-electron chi connectivity index (χ3n) is 5.40. The predicted octanol–water partition coefficient (Wildman–Crippen LogP) is 3.15. The van der Waals surface area contributed by atoms with Gasteiger partial charge in [-0.05, 0) is 43.4 Å². The SMILES string of the molecule is COCC12CCC(CC1C1(C)CCCC1)O2. The van der Waals surface area contributed by atoms with E-state index in [1.165, 1.54) is 44.9 Å². The van der Waals surface area contributed by atoms with Crippen molar-refractivity contribution in [2.45, 2.75) is 63.6 Å². The van der Waals surface area contributed by atoms with E-state index < -0.39 is 0 Å². The molecule has 1 saturated carbocycles. The standard InChI is InChI=1S/C14H24O2/c1-13(6-3-4-7-13)12-9-11-5-8-14(12,16-11)10-15-2/h11-12H,3-10H2,1-2H3. The third-order valence-corrected chi connectivity index (χ3v) is 5.40. The fourth-order valence-electron chi connectivity index (χ4n) is 4.66. The minimum atomic E-state index is 0.0819. The number of fused-ring (bicyclic) bond motifs is 2. The van der Waals surface area contributed by atoms with Crippen molar-refractivity contribution in [3.8, 4) is 0 Å². The van der Waals surface area contributed by atoms with Gasteiger partial charge in [-0.3, -0.25) is 0 Å². The summed E-state index contributed by atoms with van der Waals surface area (Å²) in [6.45, 7) is 3.30. The molecule has 3 unspecified atom stereocenters. The number of ether oxygens (including phenoxy) is 2. The first kappa shape index (κ1) is 11.0.